The molecule has 132 valence electrons. The molecule has 0 spiro atoms. The molecule has 0 unspecified atom stereocenters. The van der Waals surface area contributed by atoms with Crippen molar-refractivity contribution in [3.8, 4) is 17.0 Å². The van der Waals surface area contributed by atoms with Gasteiger partial charge in [-0.25, -0.2) is 13.4 Å². The number of hydrogen-bond donors (Lipinski definition) is 0. The molecule has 3 heterocycles. The maximum Gasteiger partial charge on any atom is 0.236 e. The van der Waals surface area contributed by atoms with Gasteiger partial charge < -0.3 is 4.74 Å². The van der Waals surface area contributed by atoms with Crippen LogP contribution in [0.2, 0.25) is 0 Å². The fourth-order valence-corrected chi connectivity index (χ4v) is 4.41. The number of fused-ring (bicyclic) bond motifs is 2. The lowest BCUT2D eigenvalue weighted by Gasteiger charge is -2.24. The number of sulfone groups is 1. The van der Waals surface area contributed by atoms with Gasteiger partial charge in [0.1, 0.15) is 5.75 Å². The van der Waals surface area contributed by atoms with E-state index in [1.54, 1.807) is 10.8 Å². The highest BCUT2D eigenvalue weighted by molar-refractivity contribution is 7.94. The van der Waals surface area contributed by atoms with Gasteiger partial charge in [-0.15, -0.1) is 0 Å². The van der Waals surface area contributed by atoms with Crippen molar-refractivity contribution in [3.63, 3.8) is 0 Å². The number of hydrogen-bond acceptors (Lipinski definition) is 4. The average Bonchev–Trinajstić information content (AvgIpc) is 3.13. The molecule has 5 nitrogen and oxygen atoms in total. The molecule has 2 aromatic rings. The molecule has 0 atom stereocenters. The van der Waals surface area contributed by atoms with Crippen LogP contribution in [0.15, 0.2) is 28.9 Å². The summed E-state index contributed by atoms with van der Waals surface area (Å²) in [6, 6.07) is 4.17. The number of nitrogens with zero attached hydrogens (tertiary/aromatic N) is 2. The Morgan fingerprint density at radius 3 is 2.60 bits per heavy atom. The molecule has 0 amide bonds. The third-order valence-corrected chi connectivity index (χ3v) is 6.14. The summed E-state index contributed by atoms with van der Waals surface area (Å²) in [5.41, 5.74) is 3.69. The van der Waals surface area contributed by atoms with Gasteiger partial charge in [0.15, 0.2) is 0 Å². The molecule has 0 bridgehead atoms. The first kappa shape index (κ1) is 16.4. The molecule has 0 saturated carbocycles. The predicted octanol–water partition coefficient (Wildman–Crippen LogP) is 3.73. The predicted molar refractivity (Wildman–Crippen MR) is 97.4 cm³/mol. The van der Waals surface area contributed by atoms with Crippen LogP contribution in [-0.2, 0) is 20.7 Å². The average molecular weight is 358 g/mol. The third-order valence-electron chi connectivity index (χ3n) is 4.85. The highest BCUT2D eigenvalue weighted by atomic mass is 32.2. The van der Waals surface area contributed by atoms with Crippen LogP contribution in [0, 0.1) is 0 Å². The Labute approximate surface area is 148 Å². The van der Waals surface area contributed by atoms with Crippen LogP contribution >= 0.6 is 0 Å². The minimum absolute atomic E-state index is 0.0795. The van der Waals surface area contributed by atoms with E-state index in [0.29, 0.717) is 12.3 Å². The summed E-state index contributed by atoms with van der Waals surface area (Å²) in [5, 5.41) is 1.26. The Morgan fingerprint density at radius 2 is 1.96 bits per heavy atom. The molecule has 0 saturated heterocycles. The van der Waals surface area contributed by atoms with Crippen molar-refractivity contribution >= 4 is 16.0 Å². The first-order valence-corrected chi connectivity index (χ1v) is 9.88. The van der Waals surface area contributed by atoms with Crippen LogP contribution in [0.4, 0.5) is 0 Å². The molecule has 0 aliphatic carbocycles. The number of imidazole rings is 1. The Hall–Kier alpha value is -2.08. The van der Waals surface area contributed by atoms with Crippen LogP contribution in [-0.4, -0.2) is 24.6 Å². The maximum absolute atomic E-state index is 12.0. The van der Waals surface area contributed by atoms with E-state index in [2.05, 4.69) is 51.7 Å². The van der Waals surface area contributed by atoms with E-state index in [-0.39, 0.29) is 16.0 Å². The highest BCUT2D eigenvalue weighted by Gasteiger charge is 2.37. The van der Waals surface area contributed by atoms with Crippen molar-refractivity contribution in [2.75, 3.05) is 6.61 Å². The van der Waals surface area contributed by atoms with Crippen LogP contribution in [0.5, 0.6) is 5.75 Å². The van der Waals surface area contributed by atoms with Crippen LogP contribution in [0.3, 0.4) is 0 Å². The lowest BCUT2D eigenvalue weighted by Crippen LogP contribution is -2.18. The summed E-state index contributed by atoms with van der Waals surface area (Å²) in [6.45, 7) is 11.4. The van der Waals surface area contributed by atoms with E-state index in [9.17, 15) is 8.42 Å². The van der Waals surface area contributed by atoms with Gasteiger partial charge in [-0.05, 0) is 17.5 Å². The molecule has 6 heteroatoms. The number of rotatable bonds is 1. The summed E-state index contributed by atoms with van der Waals surface area (Å²) in [5.74, 6) is 0.959. The van der Waals surface area contributed by atoms with Gasteiger partial charge in [0.05, 0.1) is 17.7 Å². The fourth-order valence-electron chi connectivity index (χ4n) is 3.36. The number of ether oxygens (including phenoxy) is 1. The molecule has 1 aromatic heterocycles. The van der Waals surface area contributed by atoms with Gasteiger partial charge in [0.2, 0.25) is 15.0 Å². The summed E-state index contributed by atoms with van der Waals surface area (Å²) in [6.07, 6.45) is 3.31. The first-order valence-electron chi connectivity index (χ1n) is 8.33. The molecular weight excluding hydrogens is 336 g/mol. The smallest absolute Gasteiger partial charge is 0.236 e. The molecule has 1 aromatic carbocycles. The topological polar surface area (TPSA) is 61.2 Å². The molecule has 4 rings (SSSR count). The van der Waals surface area contributed by atoms with Gasteiger partial charge in [-0.3, -0.25) is 4.57 Å². The zero-order chi connectivity index (χ0) is 18.2. The summed E-state index contributed by atoms with van der Waals surface area (Å²) in [7, 11) is -3.42. The molecule has 0 fully saturated rings. The van der Waals surface area contributed by atoms with Gasteiger partial charge in [0.25, 0.3) is 0 Å². The highest BCUT2D eigenvalue weighted by Crippen LogP contribution is 2.46. The van der Waals surface area contributed by atoms with Crippen molar-refractivity contribution in [1.82, 2.24) is 9.55 Å². The second kappa shape index (κ2) is 4.75. The quantitative estimate of drug-likeness (QED) is 0.779. The lowest BCUT2D eigenvalue weighted by molar-refractivity contribution is 0.286. The molecule has 25 heavy (non-hydrogen) atoms. The van der Waals surface area contributed by atoms with Crippen molar-refractivity contribution in [3.05, 3.63) is 34.9 Å². The number of benzene rings is 1. The minimum Gasteiger partial charge on any atom is -0.492 e. The molecule has 0 N–H and O–H groups in total. The lowest BCUT2D eigenvalue weighted by atomic mass is 9.79. The normalized spacial score (nSPS) is 19.6. The van der Waals surface area contributed by atoms with Crippen molar-refractivity contribution in [2.45, 2.75) is 50.6 Å². The zero-order valence-corrected chi connectivity index (χ0v) is 15.9. The second-order valence-electron chi connectivity index (χ2n) is 8.47. The molecular formula is C19H22N2O3S. The van der Waals surface area contributed by atoms with E-state index in [0.717, 1.165) is 22.4 Å². The standard InChI is InChI=1S/C19H22N2O3S/c1-18(2,3)13-8-12(9-14-16(13)24-11-19(14,4)5)15-10-21-6-7-25(22,23)17(21)20-15/h6-10H,11H2,1-5H3. The van der Waals surface area contributed by atoms with Gasteiger partial charge in [0, 0.05) is 34.5 Å². The monoisotopic (exact) mass is 358 g/mol. The molecule has 2 aliphatic rings. The zero-order valence-electron chi connectivity index (χ0n) is 15.1. The van der Waals surface area contributed by atoms with E-state index < -0.39 is 9.84 Å². The largest absolute Gasteiger partial charge is 0.492 e. The van der Waals surface area contributed by atoms with Crippen LogP contribution < -0.4 is 4.74 Å². The third kappa shape index (κ3) is 2.42. The second-order valence-corrected chi connectivity index (χ2v) is 10.2. The van der Waals surface area contributed by atoms with E-state index in [4.69, 9.17) is 4.74 Å². The van der Waals surface area contributed by atoms with Crippen molar-refractivity contribution < 1.29 is 13.2 Å². The fraction of sp³-hybridized carbons (Fsp3) is 0.421. The van der Waals surface area contributed by atoms with Gasteiger partial charge in [-0.1, -0.05) is 34.6 Å². The van der Waals surface area contributed by atoms with E-state index in [1.165, 1.54) is 11.6 Å². The summed E-state index contributed by atoms with van der Waals surface area (Å²) >= 11 is 0. The van der Waals surface area contributed by atoms with Crippen LogP contribution in [0.1, 0.15) is 45.7 Å². The van der Waals surface area contributed by atoms with Crippen LogP contribution in [0.25, 0.3) is 17.5 Å². The Kier molecular flexibility index (Phi) is 3.12. The number of aromatic nitrogens is 2. The SMILES string of the molecule is CC(C)(C)c1cc(-c2cn3c(n2)S(=O)(=O)C=C3)cc2c1OCC2(C)C. The maximum atomic E-state index is 12.0. The van der Waals surface area contributed by atoms with Crippen molar-refractivity contribution in [1.29, 1.82) is 0 Å². The van der Waals surface area contributed by atoms with E-state index in [1.807, 2.05) is 0 Å². The first-order chi connectivity index (χ1) is 11.5. The summed E-state index contributed by atoms with van der Waals surface area (Å²) < 4.78 is 31.6. The Morgan fingerprint density at radius 1 is 1.24 bits per heavy atom. The minimum atomic E-state index is -3.42. The molecule has 0 radical (unpaired) electrons. The summed E-state index contributed by atoms with van der Waals surface area (Å²) in [4.78, 5) is 4.38. The van der Waals surface area contributed by atoms with Gasteiger partial charge >= 0.3 is 0 Å². The van der Waals surface area contributed by atoms with E-state index >= 15 is 0 Å². The van der Waals surface area contributed by atoms with Gasteiger partial charge in [-0.2, -0.15) is 0 Å². The molecule has 2 aliphatic heterocycles. The Bertz CT molecular complexity index is 1020. The Balaban J connectivity index is 1.95. The van der Waals surface area contributed by atoms with Crippen molar-refractivity contribution in [2.24, 2.45) is 0 Å².